The van der Waals surface area contributed by atoms with Gasteiger partial charge in [-0.3, -0.25) is 0 Å². The van der Waals surface area contributed by atoms with E-state index in [-0.39, 0.29) is 0 Å². The minimum absolute atomic E-state index is 0.558. The molecule has 0 aliphatic rings. The lowest BCUT2D eigenvalue weighted by Crippen LogP contribution is -2.28. The molecule has 0 rings (SSSR count). The van der Waals surface area contributed by atoms with E-state index in [4.69, 9.17) is 5.26 Å². The van der Waals surface area contributed by atoms with Crippen LogP contribution in [0.2, 0.25) is 0 Å². The van der Waals surface area contributed by atoms with E-state index >= 15 is 0 Å². The zero-order valence-corrected chi connectivity index (χ0v) is 8.17. The van der Waals surface area contributed by atoms with Gasteiger partial charge in [-0.2, -0.15) is 5.26 Å². The van der Waals surface area contributed by atoms with Crippen molar-refractivity contribution in [1.82, 2.24) is 4.90 Å². The fourth-order valence-electron chi connectivity index (χ4n) is 0.817. The van der Waals surface area contributed by atoms with Crippen LogP contribution in [0.3, 0.4) is 0 Å². The van der Waals surface area contributed by atoms with E-state index in [0.29, 0.717) is 6.42 Å². The quantitative estimate of drug-likeness (QED) is 0.669. The zero-order valence-electron chi connectivity index (χ0n) is 8.17. The molecular weight excluding hydrogens is 152 g/mol. The topological polar surface area (TPSA) is 47.3 Å². The molecule has 0 atom stereocenters. The summed E-state index contributed by atoms with van der Waals surface area (Å²) in [5.41, 5.74) is -0.596. The average molecular weight is 170 g/mol. The molecule has 0 aromatic carbocycles. The highest BCUT2D eigenvalue weighted by Crippen LogP contribution is 2.07. The number of hydrogen-bond donors (Lipinski definition) is 1. The van der Waals surface area contributed by atoms with Crippen molar-refractivity contribution in [1.29, 1.82) is 5.26 Å². The molecule has 3 heteroatoms. The van der Waals surface area contributed by atoms with E-state index in [1.54, 1.807) is 13.8 Å². The van der Waals surface area contributed by atoms with E-state index in [2.05, 4.69) is 11.0 Å². The lowest BCUT2D eigenvalue weighted by atomic mass is 10.1. The molecule has 0 amide bonds. The second-order valence-corrected chi connectivity index (χ2v) is 3.77. The summed E-state index contributed by atoms with van der Waals surface area (Å²) in [5.74, 6) is 0. The molecule has 0 bridgehead atoms. The molecule has 0 heterocycles. The largest absolute Gasteiger partial charge is 0.390 e. The normalized spacial score (nSPS) is 11.7. The summed E-state index contributed by atoms with van der Waals surface area (Å²) in [6, 6.07) is 2.09. The lowest BCUT2D eigenvalue weighted by molar-refractivity contribution is 0.0610. The zero-order chi connectivity index (χ0) is 9.61. The van der Waals surface area contributed by atoms with Crippen molar-refractivity contribution in [3.63, 3.8) is 0 Å². The van der Waals surface area contributed by atoms with Gasteiger partial charge in [0.25, 0.3) is 0 Å². The molecule has 12 heavy (non-hydrogen) atoms. The van der Waals surface area contributed by atoms with E-state index < -0.39 is 5.60 Å². The summed E-state index contributed by atoms with van der Waals surface area (Å²) in [6.07, 6.45) is 1.30. The van der Waals surface area contributed by atoms with E-state index in [1.165, 1.54) is 0 Å². The lowest BCUT2D eigenvalue weighted by Gasteiger charge is -2.21. The highest BCUT2D eigenvalue weighted by atomic mass is 16.3. The Morgan fingerprint density at radius 3 is 2.42 bits per heavy atom. The minimum atomic E-state index is -0.596. The smallest absolute Gasteiger partial charge is 0.0635 e. The number of aliphatic hydroxyl groups is 1. The van der Waals surface area contributed by atoms with Crippen LogP contribution in [-0.2, 0) is 0 Å². The second-order valence-electron chi connectivity index (χ2n) is 3.77. The fraction of sp³-hybridized carbons (Fsp3) is 0.889. The molecule has 0 aromatic heterocycles. The van der Waals surface area contributed by atoms with E-state index in [1.807, 2.05) is 7.05 Å². The highest BCUT2D eigenvalue weighted by Gasteiger charge is 2.12. The number of hydrogen-bond acceptors (Lipinski definition) is 3. The maximum absolute atomic E-state index is 9.40. The first-order chi connectivity index (χ1) is 5.45. The van der Waals surface area contributed by atoms with Gasteiger partial charge in [-0.1, -0.05) is 0 Å². The van der Waals surface area contributed by atoms with Gasteiger partial charge >= 0.3 is 0 Å². The Kier molecular flexibility index (Phi) is 4.87. The number of rotatable bonds is 5. The first-order valence-electron chi connectivity index (χ1n) is 4.23. The fourth-order valence-corrected chi connectivity index (χ4v) is 0.817. The van der Waals surface area contributed by atoms with Crippen molar-refractivity contribution >= 4 is 0 Å². The van der Waals surface area contributed by atoms with Crippen LogP contribution < -0.4 is 0 Å². The van der Waals surface area contributed by atoms with Crippen LogP contribution in [0.15, 0.2) is 0 Å². The third-order valence-electron chi connectivity index (χ3n) is 1.71. The van der Waals surface area contributed by atoms with Crippen LogP contribution in [-0.4, -0.2) is 35.7 Å². The van der Waals surface area contributed by atoms with Crippen LogP contribution in [0, 0.1) is 11.3 Å². The molecule has 0 saturated heterocycles. The molecule has 0 saturated carbocycles. The van der Waals surface area contributed by atoms with Gasteiger partial charge in [0.15, 0.2) is 0 Å². The standard InChI is InChI=1S/C9H18N2O/c1-9(2,12)5-8-11(3)7-4-6-10/h12H,4-5,7-8H2,1-3H3. The summed E-state index contributed by atoms with van der Waals surface area (Å²) < 4.78 is 0. The van der Waals surface area contributed by atoms with Crippen LogP contribution in [0.5, 0.6) is 0 Å². The first-order valence-corrected chi connectivity index (χ1v) is 4.23. The summed E-state index contributed by atoms with van der Waals surface area (Å²) >= 11 is 0. The molecule has 1 N–H and O–H groups in total. The molecule has 0 aromatic rings. The highest BCUT2D eigenvalue weighted by molar-refractivity contribution is 4.72. The molecule has 0 aliphatic heterocycles. The Balaban J connectivity index is 3.45. The number of nitriles is 1. The Bertz CT molecular complexity index is 155. The molecule has 0 spiro atoms. The maximum Gasteiger partial charge on any atom is 0.0635 e. The average Bonchev–Trinajstić information content (AvgIpc) is 1.95. The molecule has 0 radical (unpaired) electrons. The van der Waals surface area contributed by atoms with Crippen molar-refractivity contribution in [2.45, 2.75) is 32.3 Å². The molecule has 3 nitrogen and oxygen atoms in total. The van der Waals surface area contributed by atoms with Gasteiger partial charge in [-0.15, -0.1) is 0 Å². The Hall–Kier alpha value is -0.590. The van der Waals surface area contributed by atoms with E-state index in [9.17, 15) is 5.11 Å². The Labute approximate surface area is 74.6 Å². The summed E-state index contributed by atoms with van der Waals surface area (Å²) in [4.78, 5) is 2.06. The van der Waals surface area contributed by atoms with Gasteiger partial charge in [-0.05, 0) is 27.3 Å². The van der Waals surface area contributed by atoms with Crippen LogP contribution in [0.25, 0.3) is 0 Å². The summed E-state index contributed by atoms with van der Waals surface area (Å²) in [7, 11) is 1.96. The van der Waals surface area contributed by atoms with Gasteiger partial charge < -0.3 is 10.0 Å². The summed E-state index contributed by atoms with van der Waals surface area (Å²) in [6.45, 7) is 5.22. The van der Waals surface area contributed by atoms with Gasteiger partial charge in [-0.25, -0.2) is 0 Å². The SMILES string of the molecule is CN(CCC#N)CCC(C)(C)O. The third kappa shape index (κ3) is 7.52. The van der Waals surface area contributed by atoms with Gasteiger partial charge in [0.1, 0.15) is 0 Å². The monoisotopic (exact) mass is 170 g/mol. The maximum atomic E-state index is 9.40. The van der Waals surface area contributed by atoms with Gasteiger partial charge in [0.05, 0.1) is 11.7 Å². The molecule has 0 aliphatic carbocycles. The molecule has 0 fully saturated rings. The van der Waals surface area contributed by atoms with Crippen molar-refractivity contribution < 1.29 is 5.11 Å². The van der Waals surface area contributed by atoms with Gasteiger partial charge in [0, 0.05) is 19.5 Å². The van der Waals surface area contributed by atoms with Crippen LogP contribution >= 0.6 is 0 Å². The summed E-state index contributed by atoms with van der Waals surface area (Å²) in [5, 5.41) is 17.7. The minimum Gasteiger partial charge on any atom is -0.390 e. The van der Waals surface area contributed by atoms with Crippen molar-refractivity contribution in [3.8, 4) is 6.07 Å². The third-order valence-corrected chi connectivity index (χ3v) is 1.71. The van der Waals surface area contributed by atoms with Gasteiger partial charge in [0.2, 0.25) is 0 Å². The molecule has 70 valence electrons. The molecular formula is C9H18N2O. The van der Waals surface area contributed by atoms with E-state index in [0.717, 1.165) is 19.5 Å². The Morgan fingerprint density at radius 2 is 2.00 bits per heavy atom. The second kappa shape index (κ2) is 5.13. The first kappa shape index (κ1) is 11.4. The predicted octanol–water partition coefficient (Wildman–Crippen LogP) is 0.993. The van der Waals surface area contributed by atoms with Crippen LogP contribution in [0.1, 0.15) is 26.7 Å². The Morgan fingerprint density at radius 1 is 1.42 bits per heavy atom. The predicted molar refractivity (Wildman–Crippen MR) is 48.6 cm³/mol. The van der Waals surface area contributed by atoms with Crippen LogP contribution in [0.4, 0.5) is 0 Å². The van der Waals surface area contributed by atoms with Crippen molar-refractivity contribution in [2.24, 2.45) is 0 Å². The van der Waals surface area contributed by atoms with Crippen molar-refractivity contribution in [2.75, 3.05) is 20.1 Å². The number of nitrogens with zero attached hydrogens (tertiary/aromatic N) is 2. The molecule has 0 unspecified atom stereocenters. The van der Waals surface area contributed by atoms with Crippen molar-refractivity contribution in [3.05, 3.63) is 0 Å².